The zero-order valence-electron chi connectivity index (χ0n) is 11.4. The van der Waals surface area contributed by atoms with Crippen LogP contribution in [-0.4, -0.2) is 6.61 Å². The van der Waals surface area contributed by atoms with Gasteiger partial charge in [0.25, 0.3) is 0 Å². The summed E-state index contributed by atoms with van der Waals surface area (Å²) in [5.41, 5.74) is 1.89. The van der Waals surface area contributed by atoms with Crippen LogP contribution in [0.25, 0.3) is 0 Å². The molecule has 0 amide bonds. The van der Waals surface area contributed by atoms with Crippen LogP contribution in [0.4, 0.5) is 4.39 Å². The van der Waals surface area contributed by atoms with E-state index in [0.717, 1.165) is 21.3 Å². The molecule has 0 radical (unpaired) electrons. The first-order valence-electron chi connectivity index (χ1n) is 6.49. The Morgan fingerprint density at radius 3 is 2.71 bits per heavy atom. The van der Waals surface area contributed by atoms with Crippen LogP contribution in [0.5, 0.6) is 5.75 Å². The molecule has 2 rings (SSSR count). The molecule has 0 fully saturated rings. The molecule has 0 spiro atoms. The van der Waals surface area contributed by atoms with Crippen LogP contribution in [0.3, 0.4) is 0 Å². The van der Waals surface area contributed by atoms with Gasteiger partial charge in [-0.25, -0.2) is 4.39 Å². The summed E-state index contributed by atoms with van der Waals surface area (Å²) in [5.74, 6) is 2.97. The first kappa shape index (κ1) is 15.6. The number of ether oxygens (including phenoxy) is 1. The number of benzene rings is 2. The number of hydrogen-bond donors (Lipinski definition) is 1. The summed E-state index contributed by atoms with van der Waals surface area (Å²) in [6, 6.07) is 12.3. The van der Waals surface area contributed by atoms with Crippen molar-refractivity contribution in [1.29, 1.82) is 0 Å². The third-order valence-electron chi connectivity index (χ3n) is 2.92. The third kappa shape index (κ3) is 4.59. The van der Waals surface area contributed by atoms with Gasteiger partial charge in [0.1, 0.15) is 18.2 Å². The molecule has 0 aromatic heterocycles. The van der Waals surface area contributed by atoms with E-state index in [9.17, 15) is 4.39 Å². The van der Waals surface area contributed by atoms with Crippen molar-refractivity contribution in [2.24, 2.45) is 0 Å². The molecule has 108 valence electrons. The zero-order chi connectivity index (χ0) is 15.1. The predicted molar refractivity (Wildman–Crippen MR) is 85.4 cm³/mol. The van der Waals surface area contributed by atoms with E-state index in [1.165, 1.54) is 12.1 Å². The van der Waals surface area contributed by atoms with Gasteiger partial charge in [-0.05, 0) is 29.8 Å². The van der Waals surface area contributed by atoms with Crippen molar-refractivity contribution in [3.05, 3.63) is 63.9 Å². The van der Waals surface area contributed by atoms with E-state index in [1.54, 1.807) is 6.07 Å². The summed E-state index contributed by atoms with van der Waals surface area (Å²) in [5, 5.41) is 3.27. The van der Waals surface area contributed by atoms with Crippen molar-refractivity contribution in [3.8, 4) is 18.1 Å². The number of para-hydroxylation sites is 1. The van der Waals surface area contributed by atoms with Gasteiger partial charge in [0.2, 0.25) is 0 Å². The number of hydrogen-bond acceptors (Lipinski definition) is 2. The van der Waals surface area contributed by atoms with Crippen LogP contribution >= 0.6 is 15.9 Å². The molecule has 0 aliphatic carbocycles. The smallest absolute Gasteiger partial charge is 0.148 e. The average Bonchev–Trinajstić information content (AvgIpc) is 2.50. The standard InChI is InChI=1S/C17H15BrFNO/c1-2-9-21-17-6-4-3-5-13(17)11-20-12-14-10-15(19)7-8-16(14)18/h1,3-8,10,20H,9,11-12H2. The summed E-state index contributed by atoms with van der Waals surface area (Å²) in [6.07, 6.45) is 5.20. The highest BCUT2D eigenvalue weighted by molar-refractivity contribution is 9.10. The van der Waals surface area contributed by atoms with Crippen molar-refractivity contribution in [2.45, 2.75) is 13.1 Å². The molecule has 0 heterocycles. The fourth-order valence-electron chi connectivity index (χ4n) is 1.92. The lowest BCUT2D eigenvalue weighted by Crippen LogP contribution is -2.14. The highest BCUT2D eigenvalue weighted by Gasteiger charge is 2.04. The lowest BCUT2D eigenvalue weighted by atomic mass is 10.2. The molecule has 2 aromatic rings. The summed E-state index contributed by atoms with van der Waals surface area (Å²) in [7, 11) is 0. The minimum absolute atomic E-state index is 0.243. The predicted octanol–water partition coefficient (Wildman–Crippen LogP) is 3.89. The van der Waals surface area contributed by atoms with Gasteiger partial charge in [0.05, 0.1) is 0 Å². The fraction of sp³-hybridized carbons (Fsp3) is 0.176. The molecule has 0 saturated heterocycles. The first-order valence-corrected chi connectivity index (χ1v) is 7.29. The van der Waals surface area contributed by atoms with Gasteiger partial charge < -0.3 is 10.1 Å². The fourth-order valence-corrected chi connectivity index (χ4v) is 2.31. The number of halogens is 2. The van der Waals surface area contributed by atoms with Gasteiger partial charge >= 0.3 is 0 Å². The average molecular weight is 348 g/mol. The molecule has 0 aliphatic heterocycles. The Hall–Kier alpha value is -1.83. The monoisotopic (exact) mass is 347 g/mol. The maximum absolute atomic E-state index is 13.2. The minimum atomic E-state index is -0.243. The molecular formula is C17H15BrFNO. The van der Waals surface area contributed by atoms with E-state index in [1.807, 2.05) is 24.3 Å². The van der Waals surface area contributed by atoms with Gasteiger partial charge in [0.15, 0.2) is 0 Å². The summed E-state index contributed by atoms with van der Waals surface area (Å²) < 4.78 is 19.6. The maximum Gasteiger partial charge on any atom is 0.148 e. The van der Waals surface area contributed by atoms with Gasteiger partial charge in [-0.15, -0.1) is 6.42 Å². The second-order valence-corrected chi connectivity index (χ2v) is 5.29. The van der Waals surface area contributed by atoms with Crippen molar-refractivity contribution in [3.63, 3.8) is 0 Å². The Morgan fingerprint density at radius 1 is 1.14 bits per heavy atom. The van der Waals surface area contributed by atoms with E-state index in [-0.39, 0.29) is 12.4 Å². The zero-order valence-corrected chi connectivity index (χ0v) is 13.0. The molecule has 0 bridgehead atoms. The van der Waals surface area contributed by atoms with Crippen LogP contribution in [0.15, 0.2) is 46.9 Å². The van der Waals surface area contributed by atoms with Crippen LogP contribution in [0.1, 0.15) is 11.1 Å². The molecule has 4 heteroatoms. The van der Waals surface area contributed by atoms with E-state index in [0.29, 0.717) is 13.1 Å². The minimum Gasteiger partial charge on any atom is -0.481 e. The molecule has 0 atom stereocenters. The quantitative estimate of drug-likeness (QED) is 0.800. The molecular weight excluding hydrogens is 333 g/mol. The molecule has 0 unspecified atom stereocenters. The van der Waals surface area contributed by atoms with E-state index < -0.39 is 0 Å². The molecule has 1 N–H and O–H groups in total. The Labute approximate surface area is 132 Å². The maximum atomic E-state index is 13.2. The van der Waals surface area contributed by atoms with E-state index in [4.69, 9.17) is 11.2 Å². The van der Waals surface area contributed by atoms with Crippen molar-refractivity contribution in [2.75, 3.05) is 6.61 Å². The van der Waals surface area contributed by atoms with Crippen molar-refractivity contribution >= 4 is 15.9 Å². The summed E-state index contributed by atoms with van der Waals surface area (Å²) >= 11 is 3.41. The SMILES string of the molecule is C#CCOc1ccccc1CNCc1cc(F)ccc1Br. The number of nitrogens with one attached hydrogen (secondary N) is 1. The summed E-state index contributed by atoms with van der Waals surface area (Å²) in [4.78, 5) is 0. The number of rotatable bonds is 6. The Balaban J connectivity index is 1.97. The lowest BCUT2D eigenvalue weighted by Gasteiger charge is -2.11. The number of terminal acetylenes is 1. The van der Waals surface area contributed by atoms with Gasteiger partial charge in [-0.2, -0.15) is 0 Å². The van der Waals surface area contributed by atoms with Gasteiger partial charge in [-0.1, -0.05) is 40.0 Å². The lowest BCUT2D eigenvalue weighted by molar-refractivity contribution is 0.364. The van der Waals surface area contributed by atoms with Gasteiger partial charge in [0, 0.05) is 23.1 Å². The topological polar surface area (TPSA) is 21.3 Å². The normalized spacial score (nSPS) is 10.1. The van der Waals surface area contributed by atoms with Crippen LogP contribution < -0.4 is 10.1 Å². The van der Waals surface area contributed by atoms with E-state index >= 15 is 0 Å². The largest absolute Gasteiger partial charge is 0.481 e. The van der Waals surface area contributed by atoms with Crippen LogP contribution in [0.2, 0.25) is 0 Å². The molecule has 0 aliphatic rings. The Kier molecular flexibility index (Phi) is 5.79. The highest BCUT2D eigenvalue weighted by atomic mass is 79.9. The Morgan fingerprint density at radius 2 is 1.90 bits per heavy atom. The van der Waals surface area contributed by atoms with Crippen molar-refractivity contribution < 1.29 is 9.13 Å². The molecule has 0 saturated carbocycles. The second kappa shape index (κ2) is 7.82. The molecule has 2 nitrogen and oxygen atoms in total. The highest BCUT2D eigenvalue weighted by Crippen LogP contribution is 2.20. The van der Waals surface area contributed by atoms with E-state index in [2.05, 4.69) is 27.2 Å². The first-order chi connectivity index (χ1) is 10.2. The summed E-state index contributed by atoms with van der Waals surface area (Å²) in [6.45, 7) is 1.41. The van der Waals surface area contributed by atoms with Gasteiger partial charge in [-0.3, -0.25) is 0 Å². The van der Waals surface area contributed by atoms with Crippen molar-refractivity contribution in [1.82, 2.24) is 5.32 Å². The van der Waals surface area contributed by atoms with Crippen LogP contribution in [0, 0.1) is 18.2 Å². The molecule has 21 heavy (non-hydrogen) atoms. The molecule has 2 aromatic carbocycles. The Bertz CT molecular complexity index is 651. The van der Waals surface area contributed by atoms with Crippen LogP contribution in [-0.2, 0) is 13.1 Å². The second-order valence-electron chi connectivity index (χ2n) is 4.44. The third-order valence-corrected chi connectivity index (χ3v) is 3.70.